The summed E-state index contributed by atoms with van der Waals surface area (Å²) in [5, 5.41) is 0. The van der Waals surface area contributed by atoms with Gasteiger partial charge in [-0.25, -0.2) is 0 Å². The van der Waals surface area contributed by atoms with E-state index < -0.39 is 0 Å². The molecule has 0 radical (unpaired) electrons. The second kappa shape index (κ2) is 18.6. The van der Waals surface area contributed by atoms with Crippen molar-refractivity contribution in [3.63, 3.8) is 0 Å². The highest BCUT2D eigenvalue weighted by molar-refractivity contribution is 5.42. The third kappa shape index (κ3) is 12.6. The van der Waals surface area contributed by atoms with E-state index in [1.54, 1.807) is 0 Å². The molecule has 2 aromatic carbocycles. The minimum Gasteiger partial charge on any atom is -0.107 e. The minimum absolute atomic E-state index is 1.05. The Labute approximate surface area is 137 Å². The Morgan fingerprint density at radius 1 is 0.500 bits per heavy atom. The van der Waals surface area contributed by atoms with Crippen molar-refractivity contribution in [2.75, 3.05) is 0 Å². The second-order valence-corrected chi connectivity index (χ2v) is 3.48. The molecular formula is C22H28. The molecule has 0 heterocycles. The van der Waals surface area contributed by atoms with Crippen LogP contribution in [0.5, 0.6) is 0 Å². The molecule has 0 N–H and O–H groups in total. The lowest BCUT2D eigenvalue weighted by molar-refractivity contribution is 1.50. The van der Waals surface area contributed by atoms with Crippen molar-refractivity contribution in [2.45, 2.75) is 41.5 Å². The fraction of sp³-hybridized carbons (Fsp3) is 0.273. The van der Waals surface area contributed by atoms with Crippen LogP contribution in [0.3, 0.4) is 0 Å². The first-order chi connectivity index (χ1) is 10.9. The molecule has 0 bridgehead atoms. The molecule has 0 aromatic heterocycles. The SMILES string of the molecule is C(#Cc1ccccc1)c1ccccc1.CC.CC.CC#CC. The molecule has 22 heavy (non-hydrogen) atoms. The summed E-state index contributed by atoms with van der Waals surface area (Å²) in [5.41, 5.74) is 2.10. The predicted octanol–water partition coefficient (Wildman–Crippen LogP) is 6.17. The molecule has 0 nitrogen and oxygen atoms in total. The van der Waals surface area contributed by atoms with Crippen molar-refractivity contribution in [3.8, 4) is 23.7 Å². The van der Waals surface area contributed by atoms with E-state index in [9.17, 15) is 0 Å². The smallest absolute Gasteiger partial charge is 0.0249 e. The van der Waals surface area contributed by atoms with Crippen LogP contribution in [0.1, 0.15) is 52.7 Å². The van der Waals surface area contributed by atoms with Crippen LogP contribution in [0.25, 0.3) is 0 Å². The molecule has 0 aliphatic rings. The van der Waals surface area contributed by atoms with Gasteiger partial charge in [0.05, 0.1) is 0 Å². The summed E-state index contributed by atoms with van der Waals surface area (Å²) in [6, 6.07) is 20.0. The highest BCUT2D eigenvalue weighted by Gasteiger charge is 1.83. The highest BCUT2D eigenvalue weighted by atomic mass is 13.9. The normalized spacial score (nSPS) is 6.82. The molecule has 0 saturated heterocycles. The third-order valence-corrected chi connectivity index (χ3v) is 2.15. The van der Waals surface area contributed by atoms with Gasteiger partial charge in [0.2, 0.25) is 0 Å². The maximum Gasteiger partial charge on any atom is 0.0249 e. The molecule has 0 aliphatic heterocycles. The number of hydrogen-bond acceptors (Lipinski definition) is 0. The summed E-state index contributed by atoms with van der Waals surface area (Å²) in [5.74, 6) is 11.6. The van der Waals surface area contributed by atoms with E-state index in [2.05, 4.69) is 23.7 Å². The summed E-state index contributed by atoms with van der Waals surface area (Å²) in [6.45, 7) is 11.6. The topological polar surface area (TPSA) is 0 Å². The van der Waals surface area contributed by atoms with Crippen molar-refractivity contribution in [1.82, 2.24) is 0 Å². The maximum absolute atomic E-state index is 3.11. The average molecular weight is 292 g/mol. The van der Waals surface area contributed by atoms with Crippen molar-refractivity contribution in [3.05, 3.63) is 71.8 Å². The fourth-order valence-electron chi connectivity index (χ4n) is 1.19. The molecule has 0 heteroatoms. The Bertz CT molecular complexity index is 508. The summed E-state index contributed by atoms with van der Waals surface area (Å²) in [6.07, 6.45) is 0. The molecule has 116 valence electrons. The van der Waals surface area contributed by atoms with Gasteiger partial charge in [-0.1, -0.05) is 75.9 Å². The fourth-order valence-corrected chi connectivity index (χ4v) is 1.19. The Hall–Kier alpha value is -2.44. The summed E-state index contributed by atoms with van der Waals surface area (Å²) in [4.78, 5) is 0. The van der Waals surface area contributed by atoms with Crippen LogP contribution in [-0.4, -0.2) is 0 Å². The first-order valence-electron chi connectivity index (χ1n) is 7.82. The minimum atomic E-state index is 1.05. The Morgan fingerprint density at radius 3 is 1.00 bits per heavy atom. The Balaban J connectivity index is 0. The van der Waals surface area contributed by atoms with Crippen LogP contribution in [0, 0.1) is 23.7 Å². The lowest BCUT2D eigenvalue weighted by Crippen LogP contribution is -1.73. The molecule has 0 atom stereocenters. The summed E-state index contributed by atoms with van der Waals surface area (Å²) in [7, 11) is 0. The van der Waals surface area contributed by atoms with Gasteiger partial charge in [-0.2, -0.15) is 0 Å². The Kier molecular flexibility index (Phi) is 18.4. The number of rotatable bonds is 0. The average Bonchev–Trinajstić information content (AvgIpc) is 2.65. The van der Waals surface area contributed by atoms with Crippen LogP contribution in [0.2, 0.25) is 0 Å². The molecule has 2 aromatic rings. The zero-order valence-electron chi connectivity index (χ0n) is 14.8. The predicted molar refractivity (Wildman–Crippen MR) is 101 cm³/mol. The van der Waals surface area contributed by atoms with Crippen molar-refractivity contribution >= 4 is 0 Å². The first kappa shape index (κ1) is 21.9. The molecule has 0 fully saturated rings. The standard InChI is InChI=1S/C14H10.C4H6.2C2H6/c1-3-7-13(8-4-1)11-12-14-9-5-2-6-10-14;1-3-4-2;2*1-2/h1-10H;1-2H3;2*1-2H3. The van der Waals surface area contributed by atoms with Crippen LogP contribution >= 0.6 is 0 Å². The second-order valence-electron chi connectivity index (χ2n) is 3.48. The van der Waals surface area contributed by atoms with E-state index in [1.807, 2.05) is 102 Å². The molecule has 0 saturated carbocycles. The molecule has 0 spiro atoms. The third-order valence-electron chi connectivity index (χ3n) is 2.15. The van der Waals surface area contributed by atoms with Crippen LogP contribution < -0.4 is 0 Å². The van der Waals surface area contributed by atoms with Crippen LogP contribution in [0.4, 0.5) is 0 Å². The zero-order valence-corrected chi connectivity index (χ0v) is 14.8. The molecule has 0 amide bonds. The van der Waals surface area contributed by atoms with Gasteiger partial charge in [-0.05, 0) is 38.1 Å². The van der Waals surface area contributed by atoms with E-state index >= 15 is 0 Å². The summed E-state index contributed by atoms with van der Waals surface area (Å²) >= 11 is 0. The largest absolute Gasteiger partial charge is 0.107 e. The molecular weight excluding hydrogens is 264 g/mol. The number of hydrogen-bond donors (Lipinski definition) is 0. The van der Waals surface area contributed by atoms with E-state index in [0.717, 1.165) is 11.1 Å². The van der Waals surface area contributed by atoms with Crippen molar-refractivity contribution < 1.29 is 0 Å². The lowest BCUT2D eigenvalue weighted by atomic mass is 10.2. The van der Waals surface area contributed by atoms with Gasteiger partial charge >= 0.3 is 0 Å². The van der Waals surface area contributed by atoms with Gasteiger partial charge in [-0.3, -0.25) is 0 Å². The monoisotopic (exact) mass is 292 g/mol. The van der Waals surface area contributed by atoms with Gasteiger partial charge in [0.1, 0.15) is 0 Å². The molecule has 0 aliphatic carbocycles. The zero-order chi connectivity index (χ0) is 17.1. The van der Waals surface area contributed by atoms with Gasteiger partial charge < -0.3 is 0 Å². The van der Waals surface area contributed by atoms with Crippen molar-refractivity contribution in [2.24, 2.45) is 0 Å². The quantitative estimate of drug-likeness (QED) is 0.509. The molecule has 2 rings (SSSR count). The lowest BCUT2D eigenvalue weighted by Gasteiger charge is -1.88. The van der Waals surface area contributed by atoms with Crippen molar-refractivity contribution in [1.29, 1.82) is 0 Å². The van der Waals surface area contributed by atoms with E-state index in [-0.39, 0.29) is 0 Å². The van der Waals surface area contributed by atoms with Gasteiger partial charge in [0.15, 0.2) is 0 Å². The van der Waals surface area contributed by atoms with Crippen LogP contribution in [-0.2, 0) is 0 Å². The number of benzene rings is 2. The highest BCUT2D eigenvalue weighted by Crippen LogP contribution is 1.98. The maximum atomic E-state index is 3.11. The molecule has 0 unspecified atom stereocenters. The van der Waals surface area contributed by atoms with Gasteiger partial charge in [0, 0.05) is 11.1 Å². The van der Waals surface area contributed by atoms with E-state index in [0.29, 0.717) is 0 Å². The van der Waals surface area contributed by atoms with E-state index in [4.69, 9.17) is 0 Å². The summed E-state index contributed by atoms with van der Waals surface area (Å²) < 4.78 is 0. The first-order valence-corrected chi connectivity index (χ1v) is 7.82. The van der Waals surface area contributed by atoms with Crippen LogP contribution in [0.15, 0.2) is 60.7 Å². The van der Waals surface area contributed by atoms with E-state index in [1.165, 1.54) is 0 Å². The van der Waals surface area contributed by atoms with Gasteiger partial charge in [-0.15, -0.1) is 11.8 Å². The van der Waals surface area contributed by atoms with Gasteiger partial charge in [0.25, 0.3) is 0 Å². The Morgan fingerprint density at radius 2 is 0.773 bits per heavy atom.